The number of carbonyl (C=O) groups is 2. The molecule has 4 aromatic rings. The number of carbonyl (C=O) groups excluding carboxylic acids is 2. The highest BCUT2D eigenvalue weighted by Gasteiger charge is 2.48. The van der Waals surface area contributed by atoms with Crippen molar-refractivity contribution in [3.63, 3.8) is 0 Å². The predicted molar refractivity (Wildman–Crippen MR) is 180 cm³/mol. The van der Waals surface area contributed by atoms with Gasteiger partial charge in [-0.3, -0.25) is 9.59 Å². The zero-order chi connectivity index (χ0) is 31.7. The Morgan fingerprint density at radius 3 is 1.54 bits per heavy atom. The smallest absolute Gasteiger partial charge is 0.255 e. The molecule has 4 N–H and O–H groups in total. The maximum absolute atomic E-state index is 12.2. The van der Waals surface area contributed by atoms with Crippen molar-refractivity contribution in [3.8, 4) is 0 Å². The Kier molecular flexibility index (Phi) is 8.59. The molecule has 4 heterocycles. The van der Waals surface area contributed by atoms with Crippen LogP contribution >= 0.6 is 23.2 Å². The van der Waals surface area contributed by atoms with E-state index in [1.807, 2.05) is 48.5 Å². The van der Waals surface area contributed by atoms with E-state index in [1.165, 1.54) is 0 Å². The molecular weight excluding hydrogens is 623 g/mol. The van der Waals surface area contributed by atoms with Crippen LogP contribution in [0.4, 0.5) is 11.4 Å². The summed E-state index contributed by atoms with van der Waals surface area (Å²) in [5.74, 6) is -0.314. The zero-order valence-electron chi connectivity index (χ0n) is 25.0. The third kappa shape index (κ3) is 6.42. The Bertz CT molecular complexity index is 1710. The SMILES string of the molecule is O=C(Nc1ccc([C@]23CN[C@H](CO2)C3)cc1)c1ccc(Cl)cc1.O=C(Nc1ccc([C@]23CN[C@H](CO2)C3)cc1)c1cccc(Cl)c1. The molecule has 236 valence electrons. The molecule has 8 rings (SSSR count). The fourth-order valence-electron chi connectivity index (χ4n) is 6.64. The molecule has 4 aliphatic rings. The van der Waals surface area contributed by atoms with Crippen molar-refractivity contribution >= 4 is 46.4 Å². The van der Waals surface area contributed by atoms with E-state index in [2.05, 4.69) is 21.3 Å². The number of amides is 2. The second-order valence-corrected chi connectivity index (χ2v) is 13.1. The topological polar surface area (TPSA) is 101 Å². The Morgan fingerprint density at radius 2 is 1.13 bits per heavy atom. The molecule has 0 aliphatic carbocycles. The van der Waals surface area contributed by atoms with Crippen LogP contribution in [0.15, 0.2) is 97.1 Å². The molecule has 46 heavy (non-hydrogen) atoms. The van der Waals surface area contributed by atoms with E-state index in [0.717, 1.165) is 61.6 Å². The summed E-state index contributed by atoms with van der Waals surface area (Å²) in [6.07, 6.45) is 2.03. The quantitative estimate of drug-likeness (QED) is 0.193. The van der Waals surface area contributed by atoms with Gasteiger partial charge in [-0.1, -0.05) is 53.5 Å². The van der Waals surface area contributed by atoms with Gasteiger partial charge in [-0.05, 0) is 90.7 Å². The molecule has 4 fully saturated rings. The molecule has 0 aromatic heterocycles. The first-order valence-electron chi connectivity index (χ1n) is 15.4. The van der Waals surface area contributed by atoms with Gasteiger partial charge in [-0.25, -0.2) is 0 Å². The maximum Gasteiger partial charge on any atom is 0.255 e. The number of morpholine rings is 2. The molecule has 4 atom stereocenters. The van der Waals surface area contributed by atoms with E-state index in [-0.39, 0.29) is 23.0 Å². The van der Waals surface area contributed by atoms with Crippen molar-refractivity contribution in [3.05, 3.63) is 129 Å². The van der Waals surface area contributed by atoms with E-state index in [9.17, 15) is 9.59 Å². The van der Waals surface area contributed by atoms with Crippen molar-refractivity contribution in [1.82, 2.24) is 10.6 Å². The molecule has 8 nitrogen and oxygen atoms in total. The van der Waals surface area contributed by atoms with Gasteiger partial charge < -0.3 is 30.7 Å². The van der Waals surface area contributed by atoms with E-state index in [0.29, 0.717) is 33.3 Å². The number of nitrogens with one attached hydrogen (secondary N) is 4. The molecule has 0 radical (unpaired) electrons. The summed E-state index contributed by atoms with van der Waals surface area (Å²) in [6.45, 7) is 3.25. The van der Waals surface area contributed by atoms with Crippen LogP contribution in [0.2, 0.25) is 10.0 Å². The van der Waals surface area contributed by atoms with Gasteiger partial charge >= 0.3 is 0 Å². The summed E-state index contributed by atoms with van der Waals surface area (Å²) in [7, 11) is 0. The standard InChI is InChI=1S/2C18H17ClN2O2/c19-14-5-1-12(2-6-14)17(22)21-15-7-3-13(4-8-15)18-9-16(10-23-18)20-11-18;19-14-3-1-2-12(8-14)17(22)21-15-6-4-13(5-7-15)18-9-16(10-23-18)20-11-18/h2*1-8,16,20H,9-11H2,(H,21,22)/t2*16-,18-/m00/s1. The first-order chi connectivity index (χ1) is 22.3. The second kappa shape index (κ2) is 12.8. The number of benzene rings is 4. The van der Waals surface area contributed by atoms with Crippen molar-refractivity contribution < 1.29 is 19.1 Å². The minimum atomic E-state index is -0.194. The molecule has 4 saturated heterocycles. The predicted octanol–water partition coefficient (Wildman–Crippen LogP) is 6.36. The first kappa shape index (κ1) is 30.9. The summed E-state index contributed by atoms with van der Waals surface area (Å²) in [5, 5.41) is 13.9. The average molecular weight is 658 g/mol. The molecule has 4 aliphatic heterocycles. The fourth-order valence-corrected chi connectivity index (χ4v) is 6.95. The minimum Gasteiger partial charge on any atom is -0.367 e. The number of anilines is 2. The van der Waals surface area contributed by atoms with Crippen LogP contribution < -0.4 is 21.3 Å². The van der Waals surface area contributed by atoms with Gasteiger partial charge in [0.15, 0.2) is 0 Å². The Morgan fingerprint density at radius 1 is 0.630 bits per heavy atom. The lowest BCUT2D eigenvalue weighted by Crippen LogP contribution is -2.37. The molecule has 10 heteroatoms. The maximum atomic E-state index is 12.2. The molecule has 0 spiro atoms. The molecule has 2 amide bonds. The normalized spacial score (nSPS) is 25.5. The highest BCUT2D eigenvalue weighted by Crippen LogP contribution is 2.41. The Labute approximate surface area is 277 Å². The number of hydrogen-bond donors (Lipinski definition) is 4. The van der Waals surface area contributed by atoms with Crippen LogP contribution in [0.3, 0.4) is 0 Å². The van der Waals surface area contributed by atoms with Crippen molar-refractivity contribution in [2.24, 2.45) is 0 Å². The molecule has 0 saturated carbocycles. The number of hydrogen-bond acceptors (Lipinski definition) is 6. The van der Waals surface area contributed by atoms with Gasteiger partial charge in [0.25, 0.3) is 11.8 Å². The third-order valence-corrected chi connectivity index (χ3v) is 9.64. The summed E-state index contributed by atoms with van der Waals surface area (Å²) in [5.41, 5.74) is 4.59. The summed E-state index contributed by atoms with van der Waals surface area (Å²) >= 11 is 11.8. The lowest BCUT2D eigenvalue weighted by atomic mass is 9.93. The van der Waals surface area contributed by atoms with Crippen LogP contribution in [-0.4, -0.2) is 50.2 Å². The minimum absolute atomic E-state index is 0.146. The lowest BCUT2D eigenvalue weighted by Gasteiger charge is -2.27. The van der Waals surface area contributed by atoms with Gasteiger partial charge in [-0.15, -0.1) is 0 Å². The van der Waals surface area contributed by atoms with Crippen molar-refractivity contribution in [1.29, 1.82) is 0 Å². The summed E-state index contributed by atoms with van der Waals surface area (Å²) in [4.78, 5) is 24.4. The van der Waals surface area contributed by atoms with Crippen LogP contribution in [-0.2, 0) is 20.7 Å². The summed E-state index contributed by atoms with van der Waals surface area (Å²) in [6, 6.07) is 30.5. The Hall–Kier alpha value is -3.76. The van der Waals surface area contributed by atoms with Crippen LogP contribution in [0.1, 0.15) is 44.7 Å². The summed E-state index contributed by atoms with van der Waals surface area (Å²) < 4.78 is 11.9. The first-order valence-corrected chi connectivity index (χ1v) is 16.1. The number of ether oxygens (including phenoxy) is 2. The molecular formula is C36H34Cl2N4O4. The van der Waals surface area contributed by atoms with E-state index < -0.39 is 0 Å². The highest BCUT2D eigenvalue weighted by atomic mass is 35.5. The van der Waals surface area contributed by atoms with Gasteiger partial charge in [0.2, 0.25) is 0 Å². The van der Waals surface area contributed by atoms with Gasteiger partial charge in [0, 0.05) is 57.7 Å². The van der Waals surface area contributed by atoms with Gasteiger partial charge in [0.05, 0.1) is 13.2 Å². The zero-order valence-corrected chi connectivity index (χ0v) is 26.5. The fraction of sp³-hybridized carbons (Fsp3) is 0.278. The molecule has 4 aromatic carbocycles. The van der Waals surface area contributed by atoms with Crippen LogP contribution in [0, 0.1) is 0 Å². The van der Waals surface area contributed by atoms with Crippen molar-refractivity contribution in [2.75, 3.05) is 36.9 Å². The van der Waals surface area contributed by atoms with E-state index in [1.54, 1.807) is 48.5 Å². The van der Waals surface area contributed by atoms with E-state index in [4.69, 9.17) is 32.7 Å². The van der Waals surface area contributed by atoms with Crippen LogP contribution in [0.5, 0.6) is 0 Å². The molecule has 0 unspecified atom stereocenters. The number of halogens is 2. The average Bonchev–Trinajstić information content (AvgIpc) is 3.89. The number of rotatable bonds is 6. The van der Waals surface area contributed by atoms with Gasteiger partial charge in [0.1, 0.15) is 11.2 Å². The molecule has 4 bridgehead atoms. The van der Waals surface area contributed by atoms with Gasteiger partial charge in [-0.2, -0.15) is 0 Å². The van der Waals surface area contributed by atoms with Crippen LogP contribution in [0.25, 0.3) is 0 Å². The number of fused-ring (bicyclic) bond motifs is 4. The lowest BCUT2D eigenvalue weighted by molar-refractivity contribution is -0.00970. The largest absolute Gasteiger partial charge is 0.367 e. The monoisotopic (exact) mass is 656 g/mol. The highest BCUT2D eigenvalue weighted by molar-refractivity contribution is 6.31. The second-order valence-electron chi connectivity index (χ2n) is 12.3. The van der Waals surface area contributed by atoms with E-state index >= 15 is 0 Å². The third-order valence-electron chi connectivity index (χ3n) is 9.16. The van der Waals surface area contributed by atoms with Crippen molar-refractivity contribution in [2.45, 2.75) is 36.1 Å². The Balaban J connectivity index is 0.000000147.